The van der Waals surface area contributed by atoms with Gasteiger partial charge in [-0.25, -0.2) is 4.79 Å². The number of aliphatic hydroxyl groups excluding tert-OH is 1. The molecule has 2 N–H and O–H groups in total. The first-order chi connectivity index (χ1) is 10.6. The fraction of sp³-hybridized carbons (Fsp3) is 0.308. The number of nitrogens with one attached hydrogen (secondary N) is 1. The predicted molar refractivity (Wildman–Crippen MR) is 87.2 cm³/mol. The summed E-state index contributed by atoms with van der Waals surface area (Å²) in [5.74, 6) is 1.03. The molecule has 0 bridgehead atoms. The molecule has 118 valence electrons. The van der Waals surface area contributed by atoms with Crippen molar-refractivity contribution in [2.45, 2.75) is 6.04 Å². The van der Waals surface area contributed by atoms with Crippen molar-refractivity contribution >= 4 is 39.5 Å². The number of nitrogens with zero attached hydrogens (tertiary/aromatic N) is 3. The number of hydrogen-bond acceptors (Lipinski definition) is 6. The number of benzene rings is 1. The molecule has 2 rings (SSSR count). The Kier molecular flexibility index (Phi) is 5.69. The summed E-state index contributed by atoms with van der Waals surface area (Å²) in [7, 11) is 3.16. The summed E-state index contributed by atoms with van der Waals surface area (Å²) in [6.45, 7) is -0.231. The number of methoxy groups -OCH3 is 1. The van der Waals surface area contributed by atoms with Crippen molar-refractivity contribution in [3.05, 3.63) is 34.4 Å². The Morgan fingerprint density at radius 3 is 2.95 bits per heavy atom. The van der Waals surface area contributed by atoms with E-state index in [1.54, 1.807) is 26.3 Å². The topological polar surface area (TPSA) is 87.6 Å². The van der Waals surface area contributed by atoms with Gasteiger partial charge in [0, 0.05) is 11.5 Å². The Morgan fingerprint density at radius 2 is 2.36 bits per heavy atom. The van der Waals surface area contributed by atoms with Gasteiger partial charge in [-0.05, 0) is 23.8 Å². The molecule has 7 nitrogen and oxygen atoms in total. The van der Waals surface area contributed by atoms with Crippen LogP contribution < -0.4 is 10.1 Å². The molecule has 0 aliphatic rings. The molecular weight excluding hydrogens is 372 g/mol. The van der Waals surface area contributed by atoms with Crippen LogP contribution in [0.4, 0.5) is 10.6 Å². The summed E-state index contributed by atoms with van der Waals surface area (Å²) >= 11 is 4.44. The van der Waals surface area contributed by atoms with Crippen LogP contribution in [0.1, 0.15) is 11.6 Å². The largest absolute Gasteiger partial charge is 0.497 e. The second-order valence-corrected chi connectivity index (χ2v) is 5.83. The van der Waals surface area contributed by atoms with Crippen LogP contribution in [0.3, 0.4) is 0 Å². The number of urea groups is 1. The Balaban J connectivity index is 2.21. The predicted octanol–water partition coefficient (Wildman–Crippen LogP) is 2.51. The number of halogens is 1. The smallest absolute Gasteiger partial charge is 0.323 e. The van der Waals surface area contributed by atoms with Crippen molar-refractivity contribution in [1.29, 1.82) is 0 Å². The molecule has 0 saturated heterocycles. The first-order valence-corrected chi connectivity index (χ1v) is 7.84. The van der Waals surface area contributed by atoms with Crippen molar-refractivity contribution in [1.82, 2.24) is 13.6 Å². The molecule has 9 heteroatoms. The van der Waals surface area contributed by atoms with Crippen LogP contribution >= 0.6 is 27.7 Å². The summed E-state index contributed by atoms with van der Waals surface area (Å²) in [5, 5.41) is 12.3. The highest BCUT2D eigenvalue weighted by Gasteiger charge is 2.24. The number of carbonyl (C=O) groups is 1. The molecule has 0 spiro atoms. The van der Waals surface area contributed by atoms with Crippen molar-refractivity contribution in [2.75, 3.05) is 26.1 Å². The van der Waals surface area contributed by atoms with Crippen molar-refractivity contribution in [3.63, 3.8) is 0 Å². The van der Waals surface area contributed by atoms with E-state index >= 15 is 0 Å². The van der Waals surface area contributed by atoms with Gasteiger partial charge in [0.05, 0.1) is 37.7 Å². The van der Waals surface area contributed by atoms with Crippen LogP contribution in [0.15, 0.2) is 28.9 Å². The average molecular weight is 387 g/mol. The molecule has 1 heterocycles. The molecule has 22 heavy (non-hydrogen) atoms. The summed E-state index contributed by atoms with van der Waals surface area (Å²) in [6, 6.07) is 4.47. The zero-order valence-electron chi connectivity index (χ0n) is 12.0. The van der Waals surface area contributed by atoms with Crippen molar-refractivity contribution in [2.24, 2.45) is 0 Å². The monoisotopic (exact) mass is 386 g/mol. The molecule has 1 aromatic heterocycles. The quantitative estimate of drug-likeness (QED) is 0.823. The van der Waals surface area contributed by atoms with E-state index in [2.05, 4.69) is 30.0 Å². The van der Waals surface area contributed by atoms with Gasteiger partial charge in [0.1, 0.15) is 5.75 Å². The number of aromatic nitrogens is 2. The summed E-state index contributed by atoms with van der Waals surface area (Å²) in [6.07, 6.45) is 1.46. The van der Waals surface area contributed by atoms with Crippen LogP contribution in [-0.2, 0) is 0 Å². The normalized spacial score (nSPS) is 11.8. The van der Waals surface area contributed by atoms with Crippen molar-refractivity contribution in [3.8, 4) is 5.75 Å². The van der Waals surface area contributed by atoms with E-state index in [9.17, 15) is 9.90 Å². The lowest BCUT2D eigenvalue weighted by Gasteiger charge is -2.27. The SMILES string of the molecule is COc1ccc(Br)c(C(CO)N(C)C(=O)Nc2cnsn2)c1. The number of aliphatic hydroxyl groups is 1. The summed E-state index contributed by atoms with van der Waals surface area (Å²) in [4.78, 5) is 13.6. The van der Waals surface area contributed by atoms with Gasteiger partial charge in [-0.2, -0.15) is 8.75 Å². The van der Waals surface area contributed by atoms with Gasteiger partial charge in [-0.1, -0.05) is 15.9 Å². The minimum Gasteiger partial charge on any atom is -0.497 e. The number of anilines is 1. The number of likely N-dealkylation sites (N-methyl/N-ethyl adjacent to an activating group) is 1. The lowest BCUT2D eigenvalue weighted by molar-refractivity contribution is 0.158. The fourth-order valence-electron chi connectivity index (χ4n) is 1.89. The lowest BCUT2D eigenvalue weighted by atomic mass is 10.1. The van der Waals surface area contributed by atoms with Crippen LogP contribution in [0.25, 0.3) is 0 Å². The Bertz CT molecular complexity index is 638. The molecule has 2 amide bonds. The number of rotatable bonds is 5. The Morgan fingerprint density at radius 1 is 1.59 bits per heavy atom. The van der Waals surface area contributed by atoms with E-state index in [0.29, 0.717) is 11.6 Å². The number of hydrogen-bond donors (Lipinski definition) is 2. The van der Waals surface area contributed by atoms with E-state index < -0.39 is 6.04 Å². The molecule has 0 saturated carbocycles. The van der Waals surface area contributed by atoms with Gasteiger partial charge in [0.2, 0.25) is 0 Å². The first-order valence-electron chi connectivity index (χ1n) is 6.32. The zero-order chi connectivity index (χ0) is 16.1. The van der Waals surface area contributed by atoms with Crippen LogP contribution in [0, 0.1) is 0 Å². The molecule has 2 aromatic rings. The highest BCUT2D eigenvalue weighted by atomic mass is 79.9. The van der Waals surface area contributed by atoms with E-state index in [4.69, 9.17) is 4.74 Å². The van der Waals surface area contributed by atoms with Crippen LogP contribution in [-0.4, -0.2) is 45.5 Å². The molecular formula is C13H15BrN4O3S. The molecule has 0 aliphatic heterocycles. The maximum absolute atomic E-state index is 12.2. The minimum atomic E-state index is -0.531. The molecule has 1 aromatic carbocycles. The van der Waals surface area contributed by atoms with Crippen LogP contribution in [0.5, 0.6) is 5.75 Å². The zero-order valence-corrected chi connectivity index (χ0v) is 14.4. The van der Waals surface area contributed by atoms with E-state index in [1.165, 1.54) is 11.1 Å². The molecule has 0 fully saturated rings. The van der Waals surface area contributed by atoms with Gasteiger partial charge in [0.25, 0.3) is 0 Å². The first kappa shape index (κ1) is 16.7. The number of amides is 2. The van der Waals surface area contributed by atoms with E-state index in [1.807, 2.05) is 6.07 Å². The Labute approximate surface area is 140 Å². The van der Waals surface area contributed by atoms with E-state index in [0.717, 1.165) is 21.8 Å². The van der Waals surface area contributed by atoms with E-state index in [-0.39, 0.29) is 12.6 Å². The Hall–Kier alpha value is -1.71. The lowest BCUT2D eigenvalue weighted by Crippen LogP contribution is -2.36. The molecule has 0 aliphatic carbocycles. The third kappa shape index (κ3) is 3.73. The second-order valence-electron chi connectivity index (χ2n) is 4.42. The van der Waals surface area contributed by atoms with Gasteiger partial charge < -0.3 is 14.7 Å². The van der Waals surface area contributed by atoms with Crippen LogP contribution in [0.2, 0.25) is 0 Å². The maximum Gasteiger partial charge on any atom is 0.323 e. The highest BCUT2D eigenvalue weighted by molar-refractivity contribution is 9.10. The minimum absolute atomic E-state index is 0.231. The molecule has 1 unspecified atom stereocenters. The standard InChI is InChI=1S/C13H15BrN4O3S/c1-18(13(20)16-12-6-15-22-17-12)11(7-19)9-5-8(21-2)3-4-10(9)14/h3-6,11,19H,7H2,1-2H3,(H,16,17,20). The highest BCUT2D eigenvalue weighted by Crippen LogP contribution is 2.30. The third-order valence-electron chi connectivity index (χ3n) is 3.12. The number of ether oxygens (including phenoxy) is 1. The summed E-state index contributed by atoms with van der Waals surface area (Å²) in [5.41, 5.74) is 0.746. The second kappa shape index (κ2) is 7.52. The number of carbonyl (C=O) groups excluding carboxylic acids is 1. The van der Waals surface area contributed by atoms with Crippen molar-refractivity contribution < 1.29 is 14.6 Å². The fourth-order valence-corrected chi connectivity index (χ4v) is 2.78. The van der Waals surface area contributed by atoms with Gasteiger partial charge >= 0.3 is 6.03 Å². The summed E-state index contributed by atoms with van der Waals surface area (Å²) < 4.78 is 13.7. The molecule has 0 radical (unpaired) electrons. The van der Waals surface area contributed by atoms with Gasteiger partial charge in [0.15, 0.2) is 5.82 Å². The molecule has 1 atom stereocenters. The van der Waals surface area contributed by atoms with Gasteiger partial charge in [-0.3, -0.25) is 5.32 Å². The maximum atomic E-state index is 12.2. The third-order valence-corrected chi connectivity index (χ3v) is 4.32. The van der Waals surface area contributed by atoms with Gasteiger partial charge in [-0.15, -0.1) is 0 Å². The average Bonchev–Trinajstić information content (AvgIpc) is 3.02.